The number of anilines is 1. The Kier molecular flexibility index (Phi) is 7.14. The van der Waals surface area contributed by atoms with Gasteiger partial charge in [0.25, 0.3) is 5.91 Å². The van der Waals surface area contributed by atoms with Crippen LogP contribution >= 0.6 is 0 Å². The lowest BCUT2D eigenvalue weighted by Crippen LogP contribution is -2.57. The van der Waals surface area contributed by atoms with Crippen molar-refractivity contribution >= 4 is 17.6 Å². The Bertz CT molecular complexity index is 1130. The number of hydrogen-bond donors (Lipinski definition) is 2. The zero-order valence-electron chi connectivity index (χ0n) is 19.5. The van der Waals surface area contributed by atoms with E-state index in [1.807, 2.05) is 0 Å². The molecule has 0 spiro atoms. The summed E-state index contributed by atoms with van der Waals surface area (Å²) >= 11 is 0. The highest BCUT2D eigenvalue weighted by atomic mass is 19.4. The zero-order valence-corrected chi connectivity index (χ0v) is 19.5. The summed E-state index contributed by atoms with van der Waals surface area (Å²) in [5, 5.41) is 12.8. The minimum Gasteiger partial charge on any atom is -0.465 e. The van der Waals surface area contributed by atoms with Crippen LogP contribution in [0.2, 0.25) is 0 Å². The topological polar surface area (TPSA) is 94.1 Å². The third-order valence-electron chi connectivity index (χ3n) is 5.78. The molecule has 3 rings (SSSR count). The van der Waals surface area contributed by atoms with Crippen LogP contribution in [-0.4, -0.2) is 42.2 Å². The summed E-state index contributed by atoms with van der Waals surface area (Å²) in [6.45, 7) is 4.11. The van der Waals surface area contributed by atoms with Crippen molar-refractivity contribution in [3.8, 4) is 5.75 Å². The number of esters is 1. The van der Waals surface area contributed by atoms with Gasteiger partial charge in [-0.2, -0.15) is 13.2 Å². The molecule has 1 heterocycles. The number of carbonyl (C=O) groups is 2. The third kappa shape index (κ3) is 5.40. The van der Waals surface area contributed by atoms with Crippen LogP contribution in [0.3, 0.4) is 0 Å². The highest BCUT2D eigenvalue weighted by molar-refractivity contribution is 5.99. The van der Waals surface area contributed by atoms with E-state index in [1.165, 1.54) is 52.1 Å². The van der Waals surface area contributed by atoms with Gasteiger partial charge in [0.05, 0.1) is 5.56 Å². The second-order valence-electron chi connectivity index (χ2n) is 8.88. The smallest absolute Gasteiger partial charge is 0.426 e. The number of methoxy groups -OCH3 is 1. The van der Waals surface area contributed by atoms with E-state index in [0.29, 0.717) is 5.56 Å². The van der Waals surface area contributed by atoms with Crippen LogP contribution in [0, 0.1) is 5.82 Å². The van der Waals surface area contributed by atoms with Crippen LogP contribution in [0.25, 0.3) is 0 Å². The highest BCUT2D eigenvalue weighted by Gasteiger charge is 2.61. The lowest BCUT2D eigenvalue weighted by atomic mass is 9.74. The van der Waals surface area contributed by atoms with E-state index in [2.05, 4.69) is 5.32 Å². The SMILES string of the molecule is COC(C)Oc1ccc(F)cc1C(C)(C)CC(O)(C(=O)Nc1ccc2c(c1)COC2=O)C(F)(F)F. The van der Waals surface area contributed by atoms with E-state index in [9.17, 15) is 32.3 Å². The van der Waals surface area contributed by atoms with Gasteiger partial charge in [0.2, 0.25) is 5.60 Å². The van der Waals surface area contributed by atoms with Gasteiger partial charge >= 0.3 is 12.1 Å². The predicted octanol–water partition coefficient (Wildman–Crippen LogP) is 4.47. The Morgan fingerprint density at radius 1 is 1.20 bits per heavy atom. The van der Waals surface area contributed by atoms with Crippen molar-refractivity contribution in [2.75, 3.05) is 12.4 Å². The Balaban J connectivity index is 1.94. The molecule has 0 saturated heterocycles. The van der Waals surface area contributed by atoms with Crippen LogP contribution in [0.1, 0.15) is 48.7 Å². The number of rotatable bonds is 8. The first-order chi connectivity index (χ1) is 16.2. The maximum atomic E-state index is 14.1. The lowest BCUT2D eigenvalue weighted by Gasteiger charge is -2.37. The van der Waals surface area contributed by atoms with Crippen LogP contribution in [0.5, 0.6) is 5.75 Å². The van der Waals surface area contributed by atoms with Gasteiger partial charge in [0, 0.05) is 30.3 Å². The Labute approximate surface area is 199 Å². The molecule has 0 fully saturated rings. The Hall–Kier alpha value is -3.18. The van der Waals surface area contributed by atoms with Crippen molar-refractivity contribution in [2.45, 2.75) is 57.3 Å². The molecule has 190 valence electrons. The molecule has 1 aliphatic heterocycles. The van der Waals surface area contributed by atoms with Crippen molar-refractivity contribution in [3.63, 3.8) is 0 Å². The quantitative estimate of drug-likeness (QED) is 0.316. The molecule has 1 aliphatic rings. The minimum atomic E-state index is -5.38. The molecule has 2 unspecified atom stereocenters. The number of hydrogen-bond acceptors (Lipinski definition) is 6. The summed E-state index contributed by atoms with van der Waals surface area (Å²) in [6, 6.07) is 7.14. The number of cyclic esters (lactones) is 1. The molecule has 0 aromatic heterocycles. The number of amides is 1. The molecule has 0 bridgehead atoms. The van der Waals surface area contributed by atoms with Gasteiger partial charge in [0.15, 0.2) is 6.29 Å². The number of benzene rings is 2. The van der Waals surface area contributed by atoms with Gasteiger partial charge < -0.3 is 24.6 Å². The summed E-state index contributed by atoms with van der Waals surface area (Å²) in [4.78, 5) is 24.4. The molecule has 2 aromatic rings. The van der Waals surface area contributed by atoms with Crippen LogP contribution in [0.4, 0.5) is 23.2 Å². The van der Waals surface area contributed by atoms with E-state index < -0.39 is 47.6 Å². The fraction of sp³-hybridized carbons (Fsp3) is 0.417. The molecule has 1 amide bonds. The molecular formula is C24H25F4NO6. The van der Waals surface area contributed by atoms with E-state index >= 15 is 0 Å². The monoisotopic (exact) mass is 499 g/mol. The molecule has 11 heteroatoms. The lowest BCUT2D eigenvalue weighted by molar-refractivity contribution is -0.254. The normalized spacial score (nSPS) is 16.2. The second-order valence-corrected chi connectivity index (χ2v) is 8.88. The molecule has 0 aliphatic carbocycles. The van der Waals surface area contributed by atoms with Gasteiger partial charge in [-0.1, -0.05) is 13.8 Å². The van der Waals surface area contributed by atoms with E-state index in [4.69, 9.17) is 14.2 Å². The molecule has 0 radical (unpaired) electrons. The maximum absolute atomic E-state index is 14.1. The number of alkyl halides is 3. The molecular weight excluding hydrogens is 474 g/mol. The predicted molar refractivity (Wildman–Crippen MR) is 116 cm³/mol. The number of fused-ring (bicyclic) bond motifs is 1. The molecule has 7 nitrogen and oxygen atoms in total. The molecule has 2 aromatic carbocycles. The zero-order chi connectivity index (χ0) is 26.2. The first-order valence-electron chi connectivity index (χ1n) is 10.6. The Morgan fingerprint density at radius 3 is 2.51 bits per heavy atom. The summed E-state index contributed by atoms with van der Waals surface area (Å²) < 4.78 is 71.8. The number of halogens is 4. The molecule has 2 N–H and O–H groups in total. The van der Waals surface area contributed by atoms with Gasteiger partial charge in [0.1, 0.15) is 18.2 Å². The third-order valence-corrected chi connectivity index (χ3v) is 5.78. The highest BCUT2D eigenvalue weighted by Crippen LogP contribution is 2.44. The standard InChI is InChI=1S/C24H25F4NO6/c1-13(33-4)35-19-8-5-15(25)10-18(19)22(2,3)12-23(32,24(26,27)28)21(31)29-16-6-7-17-14(9-16)11-34-20(17)30/h5-10,13,32H,11-12H2,1-4H3,(H,29,31). The van der Waals surface area contributed by atoms with Gasteiger partial charge in [-0.05, 0) is 48.7 Å². The minimum absolute atomic E-state index is 0.00469. The second kappa shape index (κ2) is 9.46. The van der Waals surface area contributed by atoms with Gasteiger partial charge in [-0.15, -0.1) is 0 Å². The van der Waals surface area contributed by atoms with Crippen molar-refractivity contribution in [1.29, 1.82) is 0 Å². The molecule has 0 saturated carbocycles. The molecule has 35 heavy (non-hydrogen) atoms. The van der Waals surface area contributed by atoms with Gasteiger partial charge in [-0.25, -0.2) is 9.18 Å². The van der Waals surface area contributed by atoms with E-state index in [-0.39, 0.29) is 29.2 Å². The average molecular weight is 499 g/mol. The fourth-order valence-electron chi connectivity index (χ4n) is 3.85. The number of nitrogens with one attached hydrogen (secondary N) is 1. The van der Waals surface area contributed by atoms with E-state index in [0.717, 1.165) is 12.1 Å². The average Bonchev–Trinajstić information content (AvgIpc) is 3.13. The summed E-state index contributed by atoms with van der Waals surface area (Å²) in [7, 11) is 1.35. The van der Waals surface area contributed by atoms with Gasteiger partial charge in [-0.3, -0.25) is 4.79 Å². The number of aliphatic hydroxyl groups is 1. The van der Waals surface area contributed by atoms with Crippen LogP contribution in [0.15, 0.2) is 36.4 Å². The van der Waals surface area contributed by atoms with Crippen molar-refractivity contribution in [3.05, 3.63) is 58.9 Å². The van der Waals surface area contributed by atoms with Crippen molar-refractivity contribution in [1.82, 2.24) is 0 Å². The first-order valence-corrected chi connectivity index (χ1v) is 10.6. The van der Waals surface area contributed by atoms with Crippen LogP contribution in [-0.2, 0) is 26.3 Å². The Morgan fingerprint density at radius 2 is 1.89 bits per heavy atom. The summed E-state index contributed by atoms with van der Waals surface area (Å²) in [5.74, 6) is -3.01. The maximum Gasteiger partial charge on any atom is 0.426 e. The molecule has 2 atom stereocenters. The van der Waals surface area contributed by atoms with E-state index in [1.54, 1.807) is 0 Å². The van der Waals surface area contributed by atoms with Crippen molar-refractivity contribution in [2.24, 2.45) is 0 Å². The van der Waals surface area contributed by atoms with Crippen molar-refractivity contribution < 1.29 is 46.5 Å². The summed E-state index contributed by atoms with van der Waals surface area (Å²) in [6.07, 6.45) is -7.32. The number of ether oxygens (including phenoxy) is 3. The summed E-state index contributed by atoms with van der Waals surface area (Å²) in [5.41, 5.74) is -4.87. The fourth-order valence-corrected chi connectivity index (χ4v) is 3.85. The first kappa shape index (κ1) is 26.4. The van der Waals surface area contributed by atoms with Crippen LogP contribution < -0.4 is 10.1 Å². The largest absolute Gasteiger partial charge is 0.465 e. The number of carbonyl (C=O) groups excluding carboxylic acids is 2.